The van der Waals surface area contributed by atoms with Crippen LogP contribution < -0.4 is 4.74 Å². The average molecular weight is 238 g/mol. The van der Waals surface area contributed by atoms with Gasteiger partial charge in [0.15, 0.2) is 0 Å². The van der Waals surface area contributed by atoms with Crippen molar-refractivity contribution < 1.29 is 4.74 Å². The molecule has 0 bridgehead atoms. The van der Waals surface area contributed by atoms with E-state index in [1.54, 1.807) is 7.11 Å². The smallest absolute Gasteiger partial charge is 0.145 e. The molecule has 0 saturated carbocycles. The van der Waals surface area contributed by atoms with Crippen LogP contribution >= 0.6 is 0 Å². The Balaban J connectivity index is 2.41. The van der Waals surface area contributed by atoms with Crippen LogP contribution in [0.1, 0.15) is 29.7 Å². The van der Waals surface area contributed by atoms with Gasteiger partial charge in [0, 0.05) is 11.1 Å². The summed E-state index contributed by atoms with van der Waals surface area (Å²) in [6.07, 6.45) is 4.25. The first kappa shape index (κ1) is 11.0. The maximum Gasteiger partial charge on any atom is 0.145 e. The molecule has 0 amide bonds. The molecule has 0 aliphatic heterocycles. The molecular formula is C15H14N2O. The Hall–Kier alpha value is -2.08. The molecule has 3 nitrogen and oxygen atoms in total. The number of benzene rings is 1. The predicted molar refractivity (Wildman–Crippen MR) is 69.7 cm³/mol. The number of aromatic nitrogens is 1. The predicted octanol–water partition coefficient (Wildman–Crippen LogP) is 2.99. The molecule has 1 aliphatic rings. The van der Waals surface area contributed by atoms with Crippen LogP contribution in [0.2, 0.25) is 0 Å². The molecule has 1 aromatic heterocycles. The first-order valence-electron chi connectivity index (χ1n) is 6.23. The lowest BCUT2D eigenvalue weighted by Crippen LogP contribution is -2.08. The van der Waals surface area contributed by atoms with E-state index >= 15 is 0 Å². The number of ether oxygens (including phenoxy) is 1. The molecule has 0 N–H and O–H groups in total. The van der Waals surface area contributed by atoms with E-state index in [2.05, 4.69) is 6.07 Å². The largest absolute Gasteiger partial charge is 0.494 e. The van der Waals surface area contributed by atoms with Crippen LogP contribution in [0, 0.1) is 11.3 Å². The fraction of sp³-hybridized carbons (Fsp3) is 0.333. The minimum atomic E-state index is 0.748. The van der Waals surface area contributed by atoms with Crippen LogP contribution in [-0.4, -0.2) is 12.1 Å². The molecule has 18 heavy (non-hydrogen) atoms. The van der Waals surface area contributed by atoms with Crippen molar-refractivity contribution in [3.05, 3.63) is 35.0 Å². The van der Waals surface area contributed by atoms with E-state index < -0.39 is 0 Å². The van der Waals surface area contributed by atoms with E-state index in [1.807, 2.05) is 18.2 Å². The Morgan fingerprint density at radius 2 is 2.11 bits per heavy atom. The number of para-hydroxylation sites is 1. The van der Waals surface area contributed by atoms with E-state index in [1.165, 1.54) is 0 Å². The van der Waals surface area contributed by atoms with Gasteiger partial charge in [-0.3, -0.25) is 0 Å². The Labute approximate surface area is 106 Å². The van der Waals surface area contributed by atoms with E-state index in [0.717, 1.165) is 59.2 Å². The Bertz CT molecular complexity index is 656. The van der Waals surface area contributed by atoms with Crippen LogP contribution in [0.3, 0.4) is 0 Å². The van der Waals surface area contributed by atoms with Gasteiger partial charge in [0.2, 0.25) is 0 Å². The van der Waals surface area contributed by atoms with E-state index in [0.29, 0.717) is 0 Å². The number of nitrogens with zero attached hydrogens (tertiary/aromatic N) is 2. The Kier molecular flexibility index (Phi) is 2.64. The monoisotopic (exact) mass is 238 g/mol. The first-order chi connectivity index (χ1) is 8.85. The van der Waals surface area contributed by atoms with Crippen molar-refractivity contribution in [3.63, 3.8) is 0 Å². The first-order valence-corrected chi connectivity index (χ1v) is 6.23. The number of rotatable bonds is 1. The number of methoxy groups -OCH3 is 1. The number of hydrogen-bond acceptors (Lipinski definition) is 3. The summed E-state index contributed by atoms with van der Waals surface area (Å²) in [5, 5.41) is 10.4. The summed E-state index contributed by atoms with van der Waals surface area (Å²) < 4.78 is 5.35. The molecule has 3 heteroatoms. The third kappa shape index (κ3) is 1.53. The molecule has 90 valence electrons. The molecule has 0 atom stereocenters. The summed E-state index contributed by atoms with van der Waals surface area (Å²) in [4.78, 5) is 4.72. The van der Waals surface area contributed by atoms with Crippen LogP contribution in [0.25, 0.3) is 10.9 Å². The average Bonchev–Trinajstić information content (AvgIpc) is 2.44. The second-order valence-electron chi connectivity index (χ2n) is 4.59. The molecule has 1 aliphatic carbocycles. The molecule has 3 rings (SSSR count). The fourth-order valence-electron chi connectivity index (χ4n) is 2.71. The van der Waals surface area contributed by atoms with Gasteiger partial charge in [0.25, 0.3) is 0 Å². The third-order valence-corrected chi connectivity index (χ3v) is 3.59. The number of pyridine rings is 1. The van der Waals surface area contributed by atoms with E-state index in [-0.39, 0.29) is 0 Å². The van der Waals surface area contributed by atoms with Crippen LogP contribution in [0.5, 0.6) is 5.75 Å². The molecule has 0 spiro atoms. The summed E-state index contributed by atoms with van der Waals surface area (Å²) in [6.45, 7) is 0. The highest BCUT2D eigenvalue weighted by Gasteiger charge is 2.19. The van der Waals surface area contributed by atoms with Gasteiger partial charge in [-0.1, -0.05) is 12.1 Å². The van der Waals surface area contributed by atoms with Gasteiger partial charge >= 0.3 is 0 Å². The zero-order chi connectivity index (χ0) is 12.5. The summed E-state index contributed by atoms with van der Waals surface area (Å²) in [5.41, 5.74) is 3.82. The standard InChI is InChI=1S/C15H14N2O/c1-18-14-8-4-6-11-12(9-16)10-5-2-3-7-13(10)17-15(11)14/h4,6,8H,2-3,5,7H2,1H3. The van der Waals surface area contributed by atoms with Crippen molar-refractivity contribution in [2.45, 2.75) is 25.7 Å². The molecule has 2 aromatic rings. The van der Waals surface area contributed by atoms with Gasteiger partial charge in [0.05, 0.1) is 12.7 Å². The second kappa shape index (κ2) is 4.30. The topological polar surface area (TPSA) is 45.9 Å². The molecule has 0 saturated heterocycles. The zero-order valence-corrected chi connectivity index (χ0v) is 10.4. The highest BCUT2D eigenvalue weighted by atomic mass is 16.5. The molecule has 0 radical (unpaired) electrons. The third-order valence-electron chi connectivity index (χ3n) is 3.59. The number of hydrogen-bond donors (Lipinski definition) is 0. The minimum absolute atomic E-state index is 0.748. The summed E-state index contributed by atoms with van der Waals surface area (Å²) >= 11 is 0. The second-order valence-corrected chi connectivity index (χ2v) is 4.59. The highest BCUT2D eigenvalue weighted by Crippen LogP contribution is 2.32. The lowest BCUT2D eigenvalue weighted by molar-refractivity contribution is 0.418. The van der Waals surface area contributed by atoms with Crippen molar-refractivity contribution >= 4 is 10.9 Å². The number of aryl methyl sites for hydroxylation is 1. The summed E-state index contributed by atoms with van der Waals surface area (Å²) in [5.74, 6) is 0.748. The maximum absolute atomic E-state index is 9.44. The van der Waals surface area contributed by atoms with Crippen LogP contribution in [0.15, 0.2) is 18.2 Å². The maximum atomic E-state index is 9.44. The highest BCUT2D eigenvalue weighted by molar-refractivity contribution is 5.90. The van der Waals surface area contributed by atoms with Gasteiger partial charge in [-0.15, -0.1) is 0 Å². The minimum Gasteiger partial charge on any atom is -0.494 e. The molecule has 1 aromatic carbocycles. The Morgan fingerprint density at radius 3 is 2.89 bits per heavy atom. The van der Waals surface area contributed by atoms with E-state index in [4.69, 9.17) is 9.72 Å². The summed E-state index contributed by atoms with van der Waals surface area (Å²) in [7, 11) is 1.64. The van der Waals surface area contributed by atoms with Crippen molar-refractivity contribution in [2.75, 3.05) is 7.11 Å². The van der Waals surface area contributed by atoms with Crippen LogP contribution in [-0.2, 0) is 12.8 Å². The van der Waals surface area contributed by atoms with Crippen LogP contribution in [0.4, 0.5) is 0 Å². The Morgan fingerprint density at radius 1 is 1.28 bits per heavy atom. The van der Waals surface area contributed by atoms with Crippen molar-refractivity contribution in [1.29, 1.82) is 5.26 Å². The van der Waals surface area contributed by atoms with Crippen molar-refractivity contribution in [1.82, 2.24) is 4.98 Å². The zero-order valence-electron chi connectivity index (χ0n) is 10.4. The van der Waals surface area contributed by atoms with Gasteiger partial charge in [-0.2, -0.15) is 5.26 Å². The molecule has 1 heterocycles. The lowest BCUT2D eigenvalue weighted by Gasteiger charge is -2.18. The summed E-state index contributed by atoms with van der Waals surface area (Å²) in [6, 6.07) is 8.12. The number of fused-ring (bicyclic) bond motifs is 2. The normalized spacial score (nSPS) is 14.0. The van der Waals surface area contributed by atoms with Gasteiger partial charge < -0.3 is 4.74 Å². The van der Waals surface area contributed by atoms with Crippen molar-refractivity contribution in [3.8, 4) is 11.8 Å². The van der Waals surface area contributed by atoms with Crippen molar-refractivity contribution in [2.24, 2.45) is 0 Å². The molecule has 0 unspecified atom stereocenters. The van der Waals surface area contributed by atoms with Gasteiger partial charge in [0.1, 0.15) is 17.3 Å². The lowest BCUT2D eigenvalue weighted by atomic mass is 9.90. The van der Waals surface area contributed by atoms with E-state index in [9.17, 15) is 5.26 Å². The van der Waals surface area contributed by atoms with Gasteiger partial charge in [-0.25, -0.2) is 4.98 Å². The SMILES string of the molecule is COc1cccc2c(C#N)c3c(nc12)CCCC3. The number of nitriles is 1. The van der Waals surface area contributed by atoms with Gasteiger partial charge in [-0.05, 0) is 37.3 Å². The molecule has 0 fully saturated rings. The molecular weight excluding hydrogens is 224 g/mol. The quantitative estimate of drug-likeness (QED) is 0.767. The fourth-order valence-corrected chi connectivity index (χ4v) is 2.71.